The summed E-state index contributed by atoms with van der Waals surface area (Å²) in [5.74, 6) is -2.06. The number of amides is 4. The molecule has 122 valence electrons. The van der Waals surface area contributed by atoms with Gasteiger partial charge in [0.15, 0.2) is 5.78 Å². The molecule has 1 saturated heterocycles. The molecule has 7 nitrogen and oxygen atoms in total. The van der Waals surface area contributed by atoms with Crippen LogP contribution >= 0.6 is 0 Å². The number of nitrogens with zero attached hydrogens (tertiary/aromatic N) is 2. The lowest BCUT2D eigenvalue weighted by Gasteiger charge is -2.20. The Kier molecular flexibility index (Phi) is 3.79. The number of aromatic amines is 1. The molecule has 7 heteroatoms. The van der Waals surface area contributed by atoms with Crippen LogP contribution in [0.3, 0.4) is 0 Å². The van der Waals surface area contributed by atoms with Crippen molar-refractivity contribution in [1.82, 2.24) is 14.8 Å². The third kappa shape index (κ3) is 2.56. The summed E-state index contributed by atoms with van der Waals surface area (Å²) in [6.45, 7) is 3.18. The Morgan fingerprint density at radius 3 is 2.39 bits per heavy atom. The molecule has 1 aliphatic heterocycles. The largest absolute Gasteiger partial charge is 0.362 e. The Morgan fingerprint density at radius 1 is 1.17 bits per heavy atom. The molecule has 0 bridgehead atoms. The second kappa shape index (κ2) is 5.64. The highest BCUT2D eigenvalue weighted by Crippen LogP contribution is 2.28. The van der Waals surface area contributed by atoms with Crippen molar-refractivity contribution in [2.24, 2.45) is 0 Å². The molecule has 0 unspecified atom stereocenters. The number of aromatic nitrogens is 1. The minimum absolute atomic E-state index is 0.213. The Bertz CT molecular complexity index is 700. The number of Topliss-reactive ketones (excluding diaryl/α,β-unsaturated/α-hetero) is 1. The molecule has 0 spiro atoms. The van der Waals surface area contributed by atoms with E-state index in [0.717, 1.165) is 41.2 Å². The fourth-order valence-corrected chi connectivity index (χ4v) is 3.39. The first-order chi connectivity index (χ1) is 10.9. The van der Waals surface area contributed by atoms with Gasteiger partial charge in [0.2, 0.25) is 0 Å². The third-order valence-electron chi connectivity index (χ3n) is 4.53. The van der Waals surface area contributed by atoms with Gasteiger partial charge in [0.05, 0.1) is 6.54 Å². The van der Waals surface area contributed by atoms with Crippen molar-refractivity contribution in [3.8, 4) is 0 Å². The lowest BCUT2D eigenvalue weighted by Crippen LogP contribution is -2.41. The van der Waals surface area contributed by atoms with E-state index >= 15 is 0 Å². The maximum Gasteiger partial charge on any atom is 0.334 e. The Balaban J connectivity index is 1.78. The second-order valence-corrected chi connectivity index (χ2v) is 6.20. The van der Waals surface area contributed by atoms with Gasteiger partial charge in [-0.3, -0.25) is 19.3 Å². The molecule has 0 radical (unpaired) electrons. The van der Waals surface area contributed by atoms with Gasteiger partial charge in [-0.15, -0.1) is 0 Å². The number of carbonyl (C=O) groups is 4. The monoisotopic (exact) mass is 317 g/mol. The number of rotatable bonds is 4. The number of nitrogens with one attached hydrogen (secondary N) is 1. The SMILES string of the molecule is Cc1cc(C(=O)CN2C(=O)C(=O)N(C3CCCC3)C2=O)c(C)[nH]1. The van der Waals surface area contributed by atoms with E-state index in [-0.39, 0.29) is 11.8 Å². The van der Waals surface area contributed by atoms with E-state index in [2.05, 4.69) is 4.98 Å². The first kappa shape index (κ1) is 15.5. The van der Waals surface area contributed by atoms with Crippen molar-refractivity contribution in [3.05, 3.63) is 23.0 Å². The van der Waals surface area contributed by atoms with Crippen molar-refractivity contribution in [2.75, 3.05) is 6.54 Å². The highest BCUT2D eigenvalue weighted by atomic mass is 16.2. The molecule has 1 N–H and O–H groups in total. The van der Waals surface area contributed by atoms with Gasteiger partial charge in [0.25, 0.3) is 0 Å². The molecule has 23 heavy (non-hydrogen) atoms. The van der Waals surface area contributed by atoms with Crippen LogP contribution in [0.5, 0.6) is 0 Å². The molecule has 0 atom stereocenters. The summed E-state index contributed by atoms with van der Waals surface area (Å²) < 4.78 is 0. The number of imide groups is 2. The van der Waals surface area contributed by atoms with Gasteiger partial charge >= 0.3 is 17.8 Å². The van der Waals surface area contributed by atoms with Crippen molar-refractivity contribution in [1.29, 1.82) is 0 Å². The van der Waals surface area contributed by atoms with E-state index < -0.39 is 24.4 Å². The van der Waals surface area contributed by atoms with Gasteiger partial charge in [0.1, 0.15) is 0 Å². The zero-order valence-electron chi connectivity index (χ0n) is 13.2. The number of urea groups is 1. The molecular formula is C16H19N3O4. The zero-order valence-corrected chi connectivity index (χ0v) is 13.2. The predicted octanol–water partition coefficient (Wildman–Crippen LogP) is 1.55. The zero-order chi connectivity index (χ0) is 16.7. The van der Waals surface area contributed by atoms with Crippen LogP contribution in [0.1, 0.15) is 47.4 Å². The average molecular weight is 317 g/mol. The smallest absolute Gasteiger partial charge is 0.334 e. The van der Waals surface area contributed by atoms with Gasteiger partial charge in [-0.25, -0.2) is 9.69 Å². The van der Waals surface area contributed by atoms with E-state index in [4.69, 9.17) is 0 Å². The summed E-state index contributed by atoms with van der Waals surface area (Å²) in [6.07, 6.45) is 3.33. The number of ketones is 1. The second-order valence-electron chi connectivity index (χ2n) is 6.20. The molecule has 2 fully saturated rings. The Hall–Kier alpha value is -2.44. The van der Waals surface area contributed by atoms with Gasteiger partial charge in [-0.2, -0.15) is 0 Å². The van der Waals surface area contributed by atoms with Gasteiger partial charge in [-0.1, -0.05) is 12.8 Å². The van der Waals surface area contributed by atoms with Crippen LogP contribution in [0.4, 0.5) is 4.79 Å². The maximum atomic E-state index is 12.4. The van der Waals surface area contributed by atoms with E-state index in [0.29, 0.717) is 11.3 Å². The van der Waals surface area contributed by atoms with Crippen LogP contribution in [0.25, 0.3) is 0 Å². The predicted molar refractivity (Wildman–Crippen MR) is 80.8 cm³/mol. The lowest BCUT2D eigenvalue weighted by molar-refractivity contribution is -0.143. The fraction of sp³-hybridized carbons (Fsp3) is 0.500. The number of aryl methyl sites for hydroxylation is 2. The molecule has 2 heterocycles. The van der Waals surface area contributed by atoms with Crippen LogP contribution in [-0.4, -0.2) is 51.0 Å². The topological polar surface area (TPSA) is 90.6 Å². The fourth-order valence-electron chi connectivity index (χ4n) is 3.39. The van der Waals surface area contributed by atoms with Gasteiger partial charge in [0, 0.05) is 23.0 Å². The quantitative estimate of drug-likeness (QED) is 0.518. The van der Waals surface area contributed by atoms with Crippen molar-refractivity contribution < 1.29 is 19.2 Å². The number of carbonyl (C=O) groups excluding carboxylic acids is 4. The van der Waals surface area contributed by atoms with E-state index in [9.17, 15) is 19.2 Å². The Labute approximate surface area is 133 Å². The Morgan fingerprint density at radius 2 is 1.83 bits per heavy atom. The summed E-state index contributed by atoms with van der Waals surface area (Å²) in [5, 5.41) is 0. The van der Waals surface area contributed by atoms with Crippen molar-refractivity contribution in [2.45, 2.75) is 45.6 Å². The summed E-state index contributed by atoms with van der Waals surface area (Å²) in [4.78, 5) is 53.8. The normalized spacial score (nSPS) is 19.3. The average Bonchev–Trinajstić information content (AvgIpc) is 3.17. The number of hydrogen-bond acceptors (Lipinski definition) is 4. The van der Waals surface area contributed by atoms with Crippen LogP contribution in [0.15, 0.2) is 6.07 Å². The molecule has 0 aromatic carbocycles. The standard InChI is InChI=1S/C16H19N3O4/c1-9-7-12(10(2)17-9)13(20)8-18-14(21)15(22)19(16(18)23)11-5-3-4-6-11/h7,11,17H,3-6,8H2,1-2H3. The highest BCUT2D eigenvalue weighted by Gasteiger charge is 2.48. The first-order valence-corrected chi connectivity index (χ1v) is 7.78. The first-order valence-electron chi connectivity index (χ1n) is 7.78. The molecule has 1 saturated carbocycles. The van der Waals surface area contributed by atoms with E-state index in [1.54, 1.807) is 13.0 Å². The number of H-pyrrole nitrogens is 1. The van der Waals surface area contributed by atoms with E-state index in [1.165, 1.54) is 0 Å². The van der Waals surface area contributed by atoms with Crippen molar-refractivity contribution >= 4 is 23.6 Å². The third-order valence-corrected chi connectivity index (χ3v) is 4.53. The summed E-state index contributed by atoms with van der Waals surface area (Å²) in [5.41, 5.74) is 1.95. The molecule has 1 aromatic rings. The molecule has 2 aliphatic rings. The molecule has 4 amide bonds. The lowest BCUT2D eigenvalue weighted by atomic mass is 10.1. The minimum atomic E-state index is -0.903. The molecule has 3 rings (SSSR count). The molecule has 1 aromatic heterocycles. The van der Waals surface area contributed by atoms with E-state index in [1.807, 2.05) is 6.92 Å². The molecule has 1 aliphatic carbocycles. The highest BCUT2D eigenvalue weighted by molar-refractivity contribution is 6.45. The van der Waals surface area contributed by atoms with Crippen LogP contribution in [0, 0.1) is 13.8 Å². The minimum Gasteiger partial charge on any atom is -0.362 e. The van der Waals surface area contributed by atoms with Crippen LogP contribution in [0.2, 0.25) is 0 Å². The number of hydrogen-bond donors (Lipinski definition) is 1. The molecular weight excluding hydrogens is 298 g/mol. The van der Waals surface area contributed by atoms with Crippen LogP contribution in [-0.2, 0) is 9.59 Å². The summed E-state index contributed by atoms with van der Waals surface area (Å²) in [6, 6.07) is 0.805. The van der Waals surface area contributed by atoms with Crippen molar-refractivity contribution in [3.63, 3.8) is 0 Å². The summed E-state index contributed by atoms with van der Waals surface area (Å²) in [7, 11) is 0. The summed E-state index contributed by atoms with van der Waals surface area (Å²) >= 11 is 0. The van der Waals surface area contributed by atoms with Gasteiger partial charge in [-0.05, 0) is 32.8 Å². The van der Waals surface area contributed by atoms with Crippen LogP contribution < -0.4 is 0 Å². The maximum absolute atomic E-state index is 12.4. The van der Waals surface area contributed by atoms with Gasteiger partial charge < -0.3 is 4.98 Å².